The van der Waals surface area contributed by atoms with Gasteiger partial charge in [-0.05, 0) is 53.6 Å². The van der Waals surface area contributed by atoms with Crippen molar-refractivity contribution in [3.05, 3.63) is 135 Å². The minimum Gasteiger partial charge on any atom is -0.365 e. The van der Waals surface area contributed by atoms with Gasteiger partial charge in [0, 0.05) is 21.2 Å². The van der Waals surface area contributed by atoms with Gasteiger partial charge in [-0.1, -0.05) is 83.9 Å². The summed E-state index contributed by atoms with van der Waals surface area (Å²) in [4.78, 5) is 13.6. The second kappa shape index (κ2) is 8.56. The molecule has 0 bridgehead atoms. The standard InChI is InChI=1S/C27H20Cl2N2O2/c28-20-14-10-18(11-15-20)25(19-12-16-21(29)17-13-19)27(33)24-9-5-4-8-23(24)26(32)31(27)30-22-6-2-1-3-7-22/h1-17,25,30,33H. The summed E-state index contributed by atoms with van der Waals surface area (Å²) < 4.78 is 0. The fourth-order valence-electron chi connectivity index (χ4n) is 4.42. The monoisotopic (exact) mass is 474 g/mol. The number of hydrazine groups is 1. The number of carbonyl (C=O) groups is 1. The van der Waals surface area contributed by atoms with Gasteiger partial charge in [-0.3, -0.25) is 10.2 Å². The number of anilines is 1. The maximum Gasteiger partial charge on any atom is 0.275 e. The van der Waals surface area contributed by atoms with Crippen molar-refractivity contribution in [2.24, 2.45) is 0 Å². The van der Waals surface area contributed by atoms with E-state index in [0.29, 0.717) is 26.9 Å². The van der Waals surface area contributed by atoms with Crippen LogP contribution >= 0.6 is 23.2 Å². The van der Waals surface area contributed by atoms with Gasteiger partial charge in [-0.15, -0.1) is 0 Å². The van der Waals surface area contributed by atoms with Crippen molar-refractivity contribution in [1.82, 2.24) is 5.01 Å². The van der Waals surface area contributed by atoms with Crippen LogP contribution in [0.1, 0.15) is 33.0 Å². The van der Waals surface area contributed by atoms with Crippen LogP contribution in [-0.2, 0) is 5.72 Å². The molecule has 1 heterocycles. The number of nitrogens with one attached hydrogen (secondary N) is 1. The predicted octanol–water partition coefficient (Wildman–Crippen LogP) is 6.45. The second-order valence-corrected chi connectivity index (χ2v) is 8.80. The summed E-state index contributed by atoms with van der Waals surface area (Å²) in [6.45, 7) is 0. The van der Waals surface area contributed by atoms with Crippen molar-refractivity contribution < 1.29 is 9.90 Å². The Labute approximate surface area is 202 Å². The van der Waals surface area contributed by atoms with Crippen LogP contribution in [0.15, 0.2) is 103 Å². The highest BCUT2D eigenvalue weighted by atomic mass is 35.5. The van der Waals surface area contributed by atoms with E-state index < -0.39 is 11.6 Å². The fraction of sp³-hybridized carbons (Fsp3) is 0.0741. The van der Waals surface area contributed by atoms with Crippen molar-refractivity contribution in [2.45, 2.75) is 11.6 Å². The van der Waals surface area contributed by atoms with Gasteiger partial charge in [-0.25, -0.2) is 5.01 Å². The molecule has 2 N–H and O–H groups in total. The third-order valence-electron chi connectivity index (χ3n) is 5.92. The molecule has 1 amide bonds. The smallest absolute Gasteiger partial charge is 0.275 e. The van der Waals surface area contributed by atoms with E-state index in [2.05, 4.69) is 5.43 Å². The maximum atomic E-state index is 13.6. The van der Waals surface area contributed by atoms with E-state index in [-0.39, 0.29) is 5.91 Å². The first kappa shape index (κ1) is 21.5. The van der Waals surface area contributed by atoms with Crippen molar-refractivity contribution in [2.75, 3.05) is 5.43 Å². The van der Waals surface area contributed by atoms with E-state index in [9.17, 15) is 9.90 Å². The molecule has 0 radical (unpaired) electrons. The molecule has 0 saturated carbocycles. The second-order valence-electron chi connectivity index (χ2n) is 7.93. The van der Waals surface area contributed by atoms with Crippen LogP contribution in [0.4, 0.5) is 5.69 Å². The van der Waals surface area contributed by atoms with E-state index in [4.69, 9.17) is 23.2 Å². The summed E-state index contributed by atoms with van der Waals surface area (Å²) in [5.41, 5.74) is 4.67. The molecular weight excluding hydrogens is 455 g/mol. The molecular formula is C27H20Cl2N2O2. The third-order valence-corrected chi connectivity index (χ3v) is 6.43. The van der Waals surface area contributed by atoms with Crippen LogP contribution in [0.5, 0.6) is 0 Å². The lowest BCUT2D eigenvalue weighted by atomic mass is 9.79. The average Bonchev–Trinajstić information content (AvgIpc) is 3.05. The Hall–Kier alpha value is -3.31. The first-order chi connectivity index (χ1) is 16.0. The van der Waals surface area contributed by atoms with Crippen molar-refractivity contribution in [3.8, 4) is 0 Å². The zero-order valence-corrected chi connectivity index (χ0v) is 19.0. The Morgan fingerprint density at radius 1 is 0.727 bits per heavy atom. The van der Waals surface area contributed by atoms with E-state index in [1.165, 1.54) is 5.01 Å². The molecule has 0 spiro atoms. The molecule has 1 atom stereocenters. The molecule has 0 aromatic heterocycles. The highest BCUT2D eigenvalue weighted by Gasteiger charge is 2.55. The van der Waals surface area contributed by atoms with Gasteiger partial charge in [0.25, 0.3) is 5.91 Å². The van der Waals surface area contributed by atoms with E-state index in [1.807, 2.05) is 60.7 Å². The average molecular weight is 475 g/mol. The zero-order chi connectivity index (χ0) is 23.0. The molecule has 33 heavy (non-hydrogen) atoms. The van der Waals surface area contributed by atoms with Gasteiger partial charge in [-0.2, -0.15) is 0 Å². The molecule has 0 saturated heterocycles. The number of amides is 1. The number of nitrogens with zero attached hydrogens (tertiary/aromatic N) is 1. The summed E-state index contributed by atoms with van der Waals surface area (Å²) in [6, 6.07) is 31.0. The van der Waals surface area contributed by atoms with Crippen LogP contribution in [0.2, 0.25) is 10.0 Å². The Morgan fingerprint density at radius 2 is 1.24 bits per heavy atom. The van der Waals surface area contributed by atoms with Crippen LogP contribution < -0.4 is 5.43 Å². The molecule has 4 aromatic rings. The molecule has 164 valence electrons. The van der Waals surface area contributed by atoms with E-state index in [0.717, 1.165) is 11.1 Å². The van der Waals surface area contributed by atoms with Gasteiger partial charge in [0.15, 0.2) is 5.72 Å². The molecule has 1 aliphatic rings. The number of carbonyl (C=O) groups excluding carboxylic acids is 1. The summed E-state index contributed by atoms with van der Waals surface area (Å²) in [5.74, 6) is -0.944. The molecule has 6 heteroatoms. The topological polar surface area (TPSA) is 52.6 Å². The SMILES string of the molecule is O=C1c2ccccc2C(O)(C(c2ccc(Cl)cc2)c2ccc(Cl)cc2)N1Nc1ccccc1. The Morgan fingerprint density at radius 3 is 1.82 bits per heavy atom. The first-order valence-corrected chi connectivity index (χ1v) is 11.2. The Balaban J connectivity index is 1.74. The number of hydrogen-bond acceptors (Lipinski definition) is 3. The molecule has 0 fully saturated rings. The normalized spacial score (nSPS) is 17.3. The molecule has 1 aliphatic heterocycles. The lowest BCUT2D eigenvalue weighted by Crippen LogP contribution is -2.51. The van der Waals surface area contributed by atoms with E-state index in [1.54, 1.807) is 42.5 Å². The number of halogens is 2. The van der Waals surface area contributed by atoms with Crippen molar-refractivity contribution >= 4 is 34.8 Å². The Bertz CT molecular complexity index is 1250. The van der Waals surface area contributed by atoms with Crippen molar-refractivity contribution in [1.29, 1.82) is 0 Å². The predicted molar refractivity (Wildman–Crippen MR) is 131 cm³/mol. The zero-order valence-electron chi connectivity index (χ0n) is 17.5. The highest BCUT2D eigenvalue weighted by molar-refractivity contribution is 6.30. The summed E-state index contributed by atoms with van der Waals surface area (Å²) >= 11 is 12.3. The molecule has 4 aromatic carbocycles. The van der Waals surface area contributed by atoms with Crippen LogP contribution in [-0.4, -0.2) is 16.0 Å². The lowest BCUT2D eigenvalue weighted by molar-refractivity contribution is -0.0853. The van der Waals surface area contributed by atoms with Crippen LogP contribution in [0.25, 0.3) is 0 Å². The van der Waals surface area contributed by atoms with Crippen LogP contribution in [0, 0.1) is 0 Å². The fourth-order valence-corrected chi connectivity index (χ4v) is 4.67. The number of benzene rings is 4. The largest absolute Gasteiger partial charge is 0.365 e. The van der Waals surface area contributed by atoms with Gasteiger partial charge in [0.2, 0.25) is 0 Å². The van der Waals surface area contributed by atoms with Crippen LogP contribution in [0.3, 0.4) is 0 Å². The first-order valence-electron chi connectivity index (χ1n) is 10.5. The van der Waals surface area contributed by atoms with Gasteiger partial charge in [0.1, 0.15) is 0 Å². The van der Waals surface area contributed by atoms with Crippen molar-refractivity contribution in [3.63, 3.8) is 0 Å². The minimum atomic E-state index is -1.73. The minimum absolute atomic E-state index is 0.315. The quantitative estimate of drug-likeness (QED) is 0.349. The number of fused-ring (bicyclic) bond motifs is 1. The summed E-state index contributed by atoms with van der Waals surface area (Å²) in [5, 5.41) is 15.0. The Kier molecular flexibility index (Phi) is 5.59. The number of aliphatic hydroxyl groups is 1. The number of hydrogen-bond donors (Lipinski definition) is 2. The molecule has 0 aliphatic carbocycles. The van der Waals surface area contributed by atoms with Gasteiger partial charge < -0.3 is 5.11 Å². The summed E-state index contributed by atoms with van der Waals surface area (Å²) in [7, 11) is 0. The lowest BCUT2D eigenvalue weighted by Gasteiger charge is -2.41. The van der Waals surface area contributed by atoms with Gasteiger partial charge >= 0.3 is 0 Å². The highest BCUT2D eigenvalue weighted by Crippen LogP contribution is 2.49. The third kappa shape index (κ3) is 3.76. The molecule has 4 nitrogen and oxygen atoms in total. The maximum absolute atomic E-state index is 13.6. The number of rotatable bonds is 5. The number of para-hydroxylation sites is 1. The van der Waals surface area contributed by atoms with Gasteiger partial charge in [0.05, 0.1) is 11.6 Å². The molecule has 1 unspecified atom stereocenters. The molecule has 5 rings (SSSR count). The van der Waals surface area contributed by atoms with E-state index >= 15 is 0 Å². The summed E-state index contributed by atoms with van der Waals surface area (Å²) in [6.07, 6.45) is 0.